The smallest absolute Gasteiger partial charge is 0.129 e. The molecular weight excluding hydrogens is 308 g/mol. The second kappa shape index (κ2) is 6.46. The first kappa shape index (κ1) is 15.9. The Morgan fingerprint density at radius 3 is 2.76 bits per heavy atom. The van der Waals surface area contributed by atoms with Crippen LogP contribution in [0.3, 0.4) is 0 Å². The van der Waals surface area contributed by atoms with Gasteiger partial charge in [0, 0.05) is 17.9 Å². The van der Waals surface area contributed by atoms with Crippen LogP contribution in [0.1, 0.15) is 64.7 Å². The molecule has 3 unspecified atom stereocenters. The molecule has 134 valence electrons. The van der Waals surface area contributed by atoms with Crippen molar-refractivity contribution in [2.75, 3.05) is 13.2 Å². The van der Waals surface area contributed by atoms with Gasteiger partial charge >= 0.3 is 0 Å². The van der Waals surface area contributed by atoms with Gasteiger partial charge in [-0.25, -0.2) is 0 Å². The highest BCUT2D eigenvalue weighted by Crippen LogP contribution is 2.51. The van der Waals surface area contributed by atoms with Crippen molar-refractivity contribution in [2.45, 2.75) is 70.8 Å². The zero-order valence-corrected chi connectivity index (χ0v) is 15.5. The van der Waals surface area contributed by atoms with E-state index in [0.717, 1.165) is 19.6 Å². The molecule has 2 nitrogen and oxygen atoms in total. The Kier molecular flexibility index (Phi) is 4.12. The van der Waals surface area contributed by atoms with E-state index >= 15 is 0 Å². The zero-order valence-electron chi connectivity index (χ0n) is 15.5. The molecule has 0 aromatic rings. The Balaban J connectivity index is 1.66. The van der Waals surface area contributed by atoms with Gasteiger partial charge in [0.25, 0.3) is 0 Å². The second-order valence-corrected chi connectivity index (χ2v) is 8.43. The number of fused-ring (bicyclic) bond motifs is 1. The van der Waals surface area contributed by atoms with Crippen LogP contribution in [-0.4, -0.2) is 19.3 Å². The lowest BCUT2D eigenvalue weighted by Crippen LogP contribution is -2.35. The normalized spacial score (nSPS) is 35.2. The molecule has 3 atom stereocenters. The third-order valence-corrected chi connectivity index (χ3v) is 6.92. The minimum absolute atomic E-state index is 0.186. The summed E-state index contributed by atoms with van der Waals surface area (Å²) in [5.41, 5.74) is 8.24. The Morgan fingerprint density at radius 2 is 1.80 bits per heavy atom. The third-order valence-electron chi connectivity index (χ3n) is 6.92. The molecule has 1 aliphatic heterocycles. The lowest BCUT2D eigenvalue weighted by Gasteiger charge is -2.43. The number of allylic oxidation sites excluding steroid dienone is 6. The van der Waals surface area contributed by atoms with E-state index in [2.05, 4.69) is 19.1 Å². The molecule has 0 radical (unpaired) electrons. The zero-order chi connectivity index (χ0) is 16.8. The van der Waals surface area contributed by atoms with E-state index in [9.17, 15) is 0 Å². The van der Waals surface area contributed by atoms with Crippen LogP contribution in [0.5, 0.6) is 0 Å². The fourth-order valence-corrected chi connectivity index (χ4v) is 5.78. The quantitative estimate of drug-likeness (QED) is 0.617. The molecule has 1 saturated heterocycles. The highest BCUT2D eigenvalue weighted by Gasteiger charge is 2.40. The van der Waals surface area contributed by atoms with E-state index < -0.39 is 0 Å². The second-order valence-electron chi connectivity index (χ2n) is 8.43. The Bertz CT molecular complexity index is 691. The molecule has 0 amide bonds. The topological polar surface area (TPSA) is 18.5 Å². The Labute approximate surface area is 151 Å². The largest absolute Gasteiger partial charge is 0.492 e. The molecule has 4 aliphatic carbocycles. The summed E-state index contributed by atoms with van der Waals surface area (Å²) in [7, 11) is 0. The maximum Gasteiger partial charge on any atom is 0.129 e. The van der Waals surface area contributed by atoms with Gasteiger partial charge in [-0.05, 0) is 68.4 Å². The SMILES string of the molecule is CC1C=CC2=C(CCCC2)C1C1=C2OCCOC2CC2=C1CCCC2. The minimum atomic E-state index is 0.186. The van der Waals surface area contributed by atoms with Gasteiger partial charge in [0.1, 0.15) is 18.5 Å². The predicted octanol–water partition coefficient (Wildman–Crippen LogP) is 5.62. The molecule has 0 spiro atoms. The summed E-state index contributed by atoms with van der Waals surface area (Å²) in [6, 6.07) is 0. The standard InChI is InChI=1S/C23H30O2/c1-15-10-11-16-6-2-4-8-18(16)21(15)22-19-9-5-3-7-17(19)14-20-23(22)25-13-12-24-20/h10-11,15,20-21H,2-9,12-14H2,1H3. The lowest BCUT2D eigenvalue weighted by molar-refractivity contribution is -0.0463. The van der Waals surface area contributed by atoms with Crippen molar-refractivity contribution in [2.24, 2.45) is 11.8 Å². The van der Waals surface area contributed by atoms with Crippen LogP contribution in [-0.2, 0) is 9.47 Å². The first-order chi connectivity index (χ1) is 12.3. The number of ether oxygens (including phenoxy) is 2. The number of hydrogen-bond donors (Lipinski definition) is 0. The molecule has 0 saturated carbocycles. The molecule has 0 N–H and O–H groups in total. The van der Waals surface area contributed by atoms with Gasteiger partial charge < -0.3 is 9.47 Å². The van der Waals surface area contributed by atoms with E-state index in [4.69, 9.17) is 9.47 Å². The molecule has 5 rings (SSSR count). The van der Waals surface area contributed by atoms with Crippen LogP contribution in [0.15, 0.2) is 45.8 Å². The van der Waals surface area contributed by atoms with Gasteiger partial charge in [-0.3, -0.25) is 0 Å². The van der Waals surface area contributed by atoms with Crippen LogP contribution in [0.4, 0.5) is 0 Å². The lowest BCUT2D eigenvalue weighted by atomic mass is 9.66. The van der Waals surface area contributed by atoms with Crippen LogP contribution < -0.4 is 0 Å². The van der Waals surface area contributed by atoms with E-state index in [1.165, 1.54) is 57.1 Å². The summed E-state index contributed by atoms with van der Waals surface area (Å²) in [4.78, 5) is 0. The van der Waals surface area contributed by atoms with Crippen molar-refractivity contribution in [3.63, 3.8) is 0 Å². The third kappa shape index (κ3) is 2.65. The monoisotopic (exact) mass is 338 g/mol. The van der Waals surface area contributed by atoms with Gasteiger partial charge in [0.2, 0.25) is 0 Å². The van der Waals surface area contributed by atoms with Crippen LogP contribution in [0.2, 0.25) is 0 Å². The van der Waals surface area contributed by atoms with E-state index in [1.54, 1.807) is 27.9 Å². The Hall–Kier alpha value is -1.28. The van der Waals surface area contributed by atoms with Gasteiger partial charge in [0.15, 0.2) is 0 Å². The van der Waals surface area contributed by atoms with E-state index in [0.29, 0.717) is 11.8 Å². The van der Waals surface area contributed by atoms with Crippen LogP contribution in [0.25, 0.3) is 0 Å². The fraction of sp³-hybridized carbons (Fsp3) is 0.652. The van der Waals surface area contributed by atoms with Crippen molar-refractivity contribution >= 4 is 0 Å². The summed E-state index contributed by atoms with van der Waals surface area (Å²) in [5, 5.41) is 0. The molecule has 0 aromatic carbocycles. The van der Waals surface area contributed by atoms with Gasteiger partial charge in [-0.1, -0.05) is 30.2 Å². The molecule has 5 aliphatic rings. The molecule has 1 fully saturated rings. The van der Waals surface area contributed by atoms with Crippen LogP contribution >= 0.6 is 0 Å². The average molecular weight is 338 g/mol. The maximum atomic E-state index is 6.30. The Morgan fingerprint density at radius 1 is 0.960 bits per heavy atom. The van der Waals surface area contributed by atoms with E-state index in [1.807, 2.05) is 0 Å². The van der Waals surface area contributed by atoms with Crippen molar-refractivity contribution in [1.29, 1.82) is 0 Å². The van der Waals surface area contributed by atoms with Gasteiger partial charge in [0.05, 0.1) is 6.61 Å². The van der Waals surface area contributed by atoms with E-state index in [-0.39, 0.29) is 6.10 Å². The van der Waals surface area contributed by atoms with Crippen molar-refractivity contribution in [3.8, 4) is 0 Å². The average Bonchev–Trinajstić information content (AvgIpc) is 2.67. The molecule has 1 heterocycles. The summed E-state index contributed by atoms with van der Waals surface area (Å²) < 4.78 is 12.5. The maximum absolute atomic E-state index is 6.30. The van der Waals surface area contributed by atoms with Gasteiger partial charge in [-0.2, -0.15) is 0 Å². The first-order valence-corrected chi connectivity index (χ1v) is 10.4. The summed E-state index contributed by atoms with van der Waals surface area (Å²) in [6.07, 6.45) is 16.6. The summed E-state index contributed by atoms with van der Waals surface area (Å²) >= 11 is 0. The van der Waals surface area contributed by atoms with Crippen molar-refractivity contribution < 1.29 is 9.47 Å². The highest BCUT2D eigenvalue weighted by molar-refractivity contribution is 5.52. The molecule has 2 heteroatoms. The summed E-state index contributed by atoms with van der Waals surface area (Å²) in [5.74, 6) is 2.30. The molecule has 0 bridgehead atoms. The summed E-state index contributed by atoms with van der Waals surface area (Å²) in [6.45, 7) is 3.88. The molecular formula is C23H30O2. The molecule has 25 heavy (non-hydrogen) atoms. The number of rotatable bonds is 1. The fourth-order valence-electron chi connectivity index (χ4n) is 5.78. The minimum Gasteiger partial charge on any atom is -0.492 e. The predicted molar refractivity (Wildman–Crippen MR) is 100 cm³/mol. The molecule has 0 aromatic heterocycles. The van der Waals surface area contributed by atoms with Gasteiger partial charge in [-0.15, -0.1) is 0 Å². The van der Waals surface area contributed by atoms with Crippen molar-refractivity contribution in [3.05, 3.63) is 45.8 Å². The first-order valence-electron chi connectivity index (χ1n) is 10.4. The van der Waals surface area contributed by atoms with Crippen LogP contribution in [0, 0.1) is 11.8 Å². The number of hydrogen-bond acceptors (Lipinski definition) is 2. The van der Waals surface area contributed by atoms with Crippen molar-refractivity contribution in [1.82, 2.24) is 0 Å². The highest BCUT2D eigenvalue weighted by atomic mass is 16.6.